The van der Waals surface area contributed by atoms with E-state index in [0.717, 1.165) is 0 Å². The summed E-state index contributed by atoms with van der Waals surface area (Å²) in [6.07, 6.45) is -0.310. The van der Waals surface area contributed by atoms with Crippen LogP contribution in [0.5, 0.6) is 17.2 Å². The summed E-state index contributed by atoms with van der Waals surface area (Å²) in [4.78, 5) is 51.0. The van der Waals surface area contributed by atoms with Gasteiger partial charge in [0.2, 0.25) is 11.8 Å². The SMILES string of the molecule is COc1c(COC(=O)Nc2ccc(Oc3ccc(F)cc3C)cc2)ccc2c1C(=O)N(C1CCC(=O)NC1=O)C2. The van der Waals surface area contributed by atoms with E-state index in [1.54, 1.807) is 49.4 Å². The minimum Gasteiger partial charge on any atom is -0.495 e. The molecule has 2 N–H and O–H groups in total. The fraction of sp³-hybridized carbons (Fsp3) is 0.241. The number of anilines is 1. The first kappa shape index (κ1) is 26.7. The van der Waals surface area contributed by atoms with E-state index in [4.69, 9.17) is 14.2 Å². The van der Waals surface area contributed by atoms with Crippen LogP contribution in [0, 0.1) is 12.7 Å². The molecule has 0 radical (unpaired) electrons. The highest BCUT2D eigenvalue weighted by molar-refractivity contribution is 6.06. The van der Waals surface area contributed by atoms with Crippen LogP contribution in [0.25, 0.3) is 0 Å². The molecule has 1 fully saturated rings. The third-order valence-electron chi connectivity index (χ3n) is 6.76. The molecule has 206 valence electrons. The van der Waals surface area contributed by atoms with Crippen LogP contribution in [0.2, 0.25) is 0 Å². The Balaban J connectivity index is 1.21. The van der Waals surface area contributed by atoms with E-state index in [9.17, 15) is 23.6 Å². The van der Waals surface area contributed by atoms with Crippen LogP contribution >= 0.6 is 0 Å². The fourth-order valence-corrected chi connectivity index (χ4v) is 4.77. The molecule has 2 heterocycles. The Bertz CT molecular complexity index is 1510. The number of carbonyl (C=O) groups is 4. The highest BCUT2D eigenvalue weighted by atomic mass is 19.1. The fourth-order valence-electron chi connectivity index (χ4n) is 4.77. The van der Waals surface area contributed by atoms with Crippen LogP contribution in [0.4, 0.5) is 14.9 Å². The number of imide groups is 1. The minimum atomic E-state index is -0.746. The predicted octanol–water partition coefficient (Wildman–Crippen LogP) is 4.44. The van der Waals surface area contributed by atoms with E-state index in [-0.39, 0.29) is 49.4 Å². The van der Waals surface area contributed by atoms with Gasteiger partial charge < -0.3 is 19.1 Å². The number of carbonyl (C=O) groups excluding carboxylic acids is 4. The number of methoxy groups -OCH3 is 1. The molecule has 2 aliphatic heterocycles. The van der Waals surface area contributed by atoms with Gasteiger partial charge in [0, 0.05) is 24.2 Å². The lowest BCUT2D eigenvalue weighted by molar-refractivity contribution is -0.136. The van der Waals surface area contributed by atoms with Crippen molar-refractivity contribution >= 4 is 29.5 Å². The van der Waals surface area contributed by atoms with Crippen molar-refractivity contribution in [3.8, 4) is 17.2 Å². The smallest absolute Gasteiger partial charge is 0.411 e. The van der Waals surface area contributed by atoms with Gasteiger partial charge in [-0.2, -0.15) is 0 Å². The summed E-state index contributed by atoms with van der Waals surface area (Å²) < 4.78 is 30.0. The number of aryl methyl sites for hydroxylation is 1. The molecule has 3 aromatic rings. The first-order valence-corrected chi connectivity index (χ1v) is 12.5. The summed E-state index contributed by atoms with van der Waals surface area (Å²) >= 11 is 0. The molecule has 11 heteroatoms. The molecule has 1 atom stereocenters. The summed E-state index contributed by atoms with van der Waals surface area (Å²) in [6.45, 7) is 1.78. The summed E-state index contributed by atoms with van der Waals surface area (Å²) in [6, 6.07) is 13.5. The number of halogens is 1. The largest absolute Gasteiger partial charge is 0.495 e. The standard InChI is InChI=1S/C29H26FN3O7/c1-16-13-19(30)5-11-23(16)40-21-8-6-20(7-9-21)31-29(37)39-15-18-4-3-17-14-33(28(36)25(17)26(18)38-2)22-10-12-24(34)32-27(22)35/h3-9,11,13,22H,10,12,14-15H2,1-2H3,(H,31,37)(H,32,34,35). The Kier molecular flexibility index (Phi) is 7.37. The number of fused-ring (bicyclic) bond motifs is 1. The van der Waals surface area contributed by atoms with Crippen LogP contribution in [0.1, 0.15) is 39.9 Å². The van der Waals surface area contributed by atoms with Gasteiger partial charge in [-0.3, -0.25) is 25.0 Å². The number of rotatable bonds is 7. The van der Waals surface area contributed by atoms with Crippen molar-refractivity contribution in [1.82, 2.24) is 10.2 Å². The van der Waals surface area contributed by atoms with Crippen molar-refractivity contribution in [2.24, 2.45) is 0 Å². The number of piperidine rings is 1. The van der Waals surface area contributed by atoms with E-state index in [2.05, 4.69) is 10.6 Å². The third-order valence-corrected chi connectivity index (χ3v) is 6.76. The van der Waals surface area contributed by atoms with Gasteiger partial charge in [-0.15, -0.1) is 0 Å². The maximum atomic E-state index is 13.3. The van der Waals surface area contributed by atoms with Gasteiger partial charge in [-0.1, -0.05) is 12.1 Å². The Labute approximate surface area is 229 Å². The summed E-state index contributed by atoms with van der Waals surface area (Å²) in [7, 11) is 1.41. The number of hydrogen-bond acceptors (Lipinski definition) is 7. The van der Waals surface area contributed by atoms with Gasteiger partial charge >= 0.3 is 6.09 Å². The lowest BCUT2D eigenvalue weighted by atomic mass is 10.0. The number of amides is 4. The number of hydrogen-bond donors (Lipinski definition) is 2. The molecule has 0 saturated carbocycles. The molecule has 0 spiro atoms. The molecule has 2 aliphatic rings. The zero-order valence-corrected chi connectivity index (χ0v) is 21.8. The molecular weight excluding hydrogens is 521 g/mol. The Morgan fingerprint density at radius 3 is 2.58 bits per heavy atom. The van der Waals surface area contributed by atoms with Crippen molar-refractivity contribution in [2.75, 3.05) is 12.4 Å². The maximum Gasteiger partial charge on any atom is 0.411 e. The maximum absolute atomic E-state index is 13.3. The molecular formula is C29H26FN3O7. The zero-order valence-electron chi connectivity index (χ0n) is 21.8. The number of nitrogens with zero attached hydrogens (tertiary/aromatic N) is 1. The van der Waals surface area contributed by atoms with Gasteiger partial charge in [-0.25, -0.2) is 9.18 Å². The number of benzene rings is 3. The molecule has 4 amide bonds. The van der Waals surface area contributed by atoms with Crippen molar-refractivity contribution in [2.45, 2.75) is 39.0 Å². The summed E-state index contributed by atoms with van der Waals surface area (Å²) in [5, 5.41) is 4.90. The normalized spacial score (nSPS) is 16.3. The lowest BCUT2D eigenvalue weighted by Crippen LogP contribution is -2.52. The number of nitrogens with one attached hydrogen (secondary N) is 2. The van der Waals surface area contributed by atoms with Gasteiger partial charge in [0.15, 0.2) is 0 Å². The van der Waals surface area contributed by atoms with E-state index in [1.807, 2.05) is 0 Å². The first-order chi connectivity index (χ1) is 19.2. The average Bonchev–Trinajstić information content (AvgIpc) is 3.26. The van der Waals surface area contributed by atoms with Crippen LogP contribution in [-0.4, -0.2) is 41.9 Å². The predicted molar refractivity (Wildman–Crippen MR) is 140 cm³/mol. The van der Waals surface area contributed by atoms with Gasteiger partial charge in [0.25, 0.3) is 5.91 Å². The van der Waals surface area contributed by atoms with Crippen molar-refractivity contribution < 1.29 is 37.8 Å². The molecule has 0 aliphatic carbocycles. The highest BCUT2D eigenvalue weighted by Gasteiger charge is 2.41. The Morgan fingerprint density at radius 2 is 1.88 bits per heavy atom. The molecule has 0 aromatic heterocycles. The average molecular weight is 548 g/mol. The van der Waals surface area contributed by atoms with Gasteiger partial charge in [0.1, 0.15) is 35.7 Å². The van der Waals surface area contributed by atoms with Gasteiger partial charge in [0.05, 0.1) is 12.7 Å². The van der Waals surface area contributed by atoms with E-state index in [1.165, 1.54) is 24.1 Å². The van der Waals surface area contributed by atoms with Crippen molar-refractivity contribution in [3.63, 3.8) is 0 Å². The molecule has 1 unspecified atom stereocenters. The van der Waals surface area contributed by atoms with E-state index >= 15 is 0 Å². The Hall–Kier alpha value is -4.93. The summed E-state index contributed by atoms with van der Waals surface area (Å²) in [5.74, 6) is -0.294. The van der Waals surface area contributed by atoms with Crippen LogP contribution in [0.3, 0.4) is 0 Å². The lowest BCUT2D eigenvalue weighted by Gasteiger charge is -2.29. The highest BCUT2D eigenvalue weighted by Crippen LogP contribution is 2.36. The number of ether oxygens (including phenoxy) is 3. The molecule has 5 rings (SSSR count). The van der Waals surface area contributed by atoms with Crippen LogP contribution in [-0.2, 0) is 27.5 Å². The topological polar surface area (TPSA) is 123 Å². The first-order valence-electron chi connectivity index (χ1n) is 12.5. The second kappa shape index (κ2) is 11.0. The molecule has 3 aromatic carbocycles. The van der Waals surface area contributed by atoms with Crippen LogP contribution in [0.15, 0.2) is 54.6 Å². The Morgan fingerprint density at radius 1 is 1.10 bits per heavy atom. The zero-order chi connectivity index (χ0) is 28.4. The molecule has 40 heavy (non-hydrogen) atoms. The van der Waals surface area contributed by atoms with E-state index in [0.29, 0.717) is 39.4 Å². The second-order valence-electron chi connectivity index (χ2n) is 9.43. The second-order valence-corrected chi connectivity index (χ2v) is 9.43. The molecule has 0 bridgehead atoms. The minimum absolute atomic E-state index is 0.158. The molecule has 10 nitrogen and oxygen atoms in total. The third kappa shape index (κ3) is 5.44. The van der Waals surface area contributed by atoms with Crippen molar-refractivity contribution in [1.29, 1.82) is 0 Å². The monoisotopic (exact) mass is 547 g/mol. The van der Waals surface area contributed by atoms with Crippen LogP contribution < -0.4 is 20.1 Å². The molecule has 1 saturated heterocycles. The quantitative estimate of drug-likeness (QED) is 0.419. The summed E-state index contributed by atoms with van der Waals surface area (Å²) in [5.41, 5.74) is 2.58. The van der Waals surface area contributed by atoms with Gasteiger partial charge in [-0.05, 0) is 66.9 Å². The van der Waals surface area contributed by atoms with Crippen molar-refractivity contribution in [3.05, 3.63) is 82.7 Å². The van der Waals surface area contributed by atoms with E-state index < -0.39 is 18.0 Å².